The fraction of sp³-hybridized carbons (Fsp3) is 0.167. The van der Waals surface area contributed by atoms with E-state index in [1.807, 2.05) is 0 Å². The van der Waals surface area contributed by atoms with Crippen molar-refractivity contribution >= 4 is 11.8 Å². The summed E-state index contributed by atoms with van der Waals surface area (Å²) in [5.41, 5.74) is -4.38. The molecule has 0 unspecified atom stereocenters. The van der Waals surface area contributed by atoms with E-state index in [2.05, 4.69) is 10.2 Å². The summed E-state index contributed by atoms with van der Waals surface area (Å²) in [5.74, 6) is 0. The third-order valence-electron chi connectivity index (χ3n) is 0.975. The van der Waals surface area contributed by atoms with Gasteiger partial charge in [0.1, 0.15) is 11.1 Å². The Morgan fingerprint density at radius 1 is 1.31 bits per heavy atom. The first-order valence-electron chi connectivity index (χ1n) is 3.01. The third kappa shape index (κ3) is 3.29. The van der Waals surface area contributed by atoms with Gasteiger partial charge in [0.2, 0.25) is 0 Å². The third-order valence-corrected chi connectivity index (χ3v) is 1.63. The molecule has 13 heavy (non-hydrogen) atoms. The summed E-state index contributed by atoms with van der Waals surface area (Å²) < 4.78 is 35.3. The number of nitriles is 1. The summed E-state index contributed by atoms with van der Waals surface area (Å²) in [6, 6.07) is 3.94. The van der Waals surface area contributed by atoms with E-state index in [0.29, 0.717) is 0 Å². The predicted molar refractivity (Wildman–Crippen MR) is 38.7 cm³/mol. The molecule has 0 aromatic carbocycles. The first-order chi connectivity index (χ1) is 6.01. The van der Waals surface area contributed by atoms with Crippen LogP contribution in [0.2, 0.25) is 0 Å². The topological polar surface area (TPSA) is 49.6 Å². The standard InChI is InChI=1S/C6H2F3N3S/c7-6(8,9)13-5-2-1-4(3-10)11-12-5/h1-2H. The van der Waals surface area contributed by atoms with Crippen LogP contribution >= 0.6 is 11.8 Å². The molecule has 68 valence electrons. The second kappa shape index (κ2) is 3.62. The van der Waals surface area contributed by atoms with Crippen LogP contribution in [0.25, 0.3) is 0 Å². The van der Waals surface area contributed by atoms with Crippen LogP contribution in [0.3, 0.4) is 0 Å². The molecule has 0 amide bonds. The number of halogens is 3. The largest absolute Gasteiger partial charge is 0.447 e. The molecule has 1 aromatic rings. The fourth-order valence-corrected chi connectivity index (χ4v) is 1.01. The first-order valence-corrected chi connectivity index (χ1v) is 3.82. The zero-order chi connectivity index (χ0) is 9.90. The van der Waals surface area contributed by atoms with Crippen molar-refractivity contribution in [3.05, 3.63) is 17.8 Å². The van der Waals surface area contributed by atoms with Crippen LogP contribution in [0, 0.1) is 11.3 Å². The lowest BCUT2D eigenvalue weighted by Crippen LogP contribution is -2.01. The van der Waals surface area contributed by atoms with E-state index in [1.165, 1.54) is 6.07 Å². The predicted octanol–water partition coefficient (Wildman–Crippen LogP) is 1.96. The number of rotatable bonds is 1. The number of thioether (sulfide) groups is 1. The first kappa shape index (κ1) is 9.80. The van der Waals surface area contributed by atoms with E-state index >= 15 is 0 Å². The van der Waals surface area contributed by atoms with Crippen molar-refractivity contribution in [1.29, 1.82) is 5.26 Å². The zero-order valence-corrected chi connectivity index (χ0v) is 6.85. The minimum atomic E-state index is -4.37. The Hall–Kier alpha value is -1.29. The molecule has 0 radical (unpaired) electrons. The molecule has 0 atom stereocenters. The van der Waals surface area contributed by atoms with Gasteiger partial charge in [-0.2, -0.15) is 18.4 Å². The monoisotopic (exact) mass is 205 g/mol. The molecular weight excluding hydrogens is 203 g/mol. The molecule has 0 aliphatic heterocycles. The highest BCUT2D eigenvalue weighted by Crippen LogP contribution is 2.35. The van der Waals surface area contributed by atoms with Gasteiger partial charge in [-0.05, 0) is 12.1 Å². The van der Waals surface area contributed by atoms with Crippen LogP contribution in [0.15, 0.2) is 17.2 Å². The van der Waals surface area contributed by atoms with Crippen molar-refractivity contribution in [3.63, 3.8) is 0 Å². The number of hydrogen-bond acceptors (Lipinski definition) is 4. The van der Waals surface area contributed by atoms with Gasteiger partial charge in [0.25, 0.3) is 0 Å². The molecule has 0 bridgehead atoms. The summed E-state index contributed by atoms with van der Waals surface area (Å²) in [5, 5.41) is 14.5. The van der Waals surface area contributed by atoms with Crippen LogP contribution in [-0.2, 0) is 0 Å². The quantitative estimate of drug-likeness (QED) is 0.657. The lowest BCUT2D eigenvalue weighted by atomic mass is 10.4. The van der Waals surface area contributed by atoms with E-state index < -0.39 is 5.51 Å². The van der Waals surface area contributed by atoms with Gasteiger partial charge < -0.3 is 0 Å². The smallest absolute Gasteiger partial charge is 0.191 e. The van der Waals surface area contributed by atoms with Crippen LogP contribution < -0.4 is 0 Å². The van der Waals surface area contributed by atoms with Crippen LogP contribution in [0.4, 0.5) is 13.2 Å². The van der Waals surface area contributed by atoms with Crippen molar-refractivity contribution in [3.8, 4) is 6.07 Å². The molecule has 0 aliphatic rings. The van der Waals surface area contributed by atoms with Gasteiger partial charge in [-0.25, -0.2) is 0 Å². The summed E-state index contributed by atoms with van der Waals surface area (Å²) in [6.45, 7) is 0. The van der Waals surface area contributed by atoms with Gasteiger partial charge in [-0.1, -0.05) is 0 Å². The van der Waals surface area contributed by atoms with E-state index in [0.717, 1.165) is 6.07 Å². The number of nitrogens with zero attached hydrogens (tertiary/aromatic N) is 3. The highest BCUT2D eigenvalue weighted by Gasteiger charge is 2.30. The maximum Gasteiger partial charge on any atom is 0.447 e. The Morgan fingerprint density at radius 3 is 2.38 bits per heavy atom. The normalized spacial score (nSPS) is 10.9. The number of hydrogen-bond donors (Lipinski definition) is 0. The van der Waals surface area contributed by atoms with E-state index in [-0.39, 0.29) is 22.5 Å². The molecule has 0 fully saturated rings. The number of alkyl halides is 3. The fourth-order valence-electron chi connectivity index (χ4n) is 0.553. The summed E-state index contributed by atoms with van der Waals surface area (Å²) in [6.07, 6.45) is 0. The summed E-state index contributed by atoms with van der Waals surface area (Å²) in [7, 11) is 0. The van der Waals surface area contributed by atoms with E-state index in [9.17, 15) is 13.2 Å². The molecule has 7 heteroatoms. The Bertz CT molecular complexity index is 326. The van der Waals surface area contributed by atoms with E-state index in [4.69, 9.17) is 5.26 Å². The maximum atomic E-state index is 11.8. The van der Waals surface area contributed by atoms with Crippen molar-refractivity contribution in [2.45, 2.75) is 10.5 Å². The van der Waals surface area contributed by atoms with Crippen molar-refractivity contribution in [1.82, 2.24) is 10.2 Å². The maximum absolute atomic E-state index is 11.8. The van der Waals surface area contributed by atoms with E-state index in [1.54, 1.807) is 6.07 Å². The van der Waals surface area contributed by atoms with Gasteiger partial charge in [0.15, 0.2) is 5.69 Å². The molecule has 1 heterocycles. The summed E-state index contributed by atoms with van der Waals surface area (Å²) in [4.78, 5) is 0. The minimum absolute atomic E-state index is 0.00785. The Kier molecular flexibility index (Phi) is 2.72. The minimum Gasteiger partial charge on any atom is -0.191 e. The molecule has 0 N–H and O–H groups in total. The molecule has 0 spiro atoms. The average Bonchev–Trinajstić information content (AvgIpc) is 2.03. The van der Waals surface area contributed by atoms with Crippen LogP contribution in [0.5, 0.6) is 0 Å². The van der Waals surface area contributed by atoms with Crippen molar-refractivity contribution in [2.75, 3.05) is 0 Å². The zero-order valence-electron chi connectivity index (χ0n) is 6.04. The Balaban J connectivity index is 2.77. The SMILES string of the molecule is N#Cc1ccc(SC(F)(F)F)nn1. The highest BCUT2D eigenvalue weighted by atomic mass is 32.2. The molecule has 1 aromatic heterocycles. The molecule has 0 aliphatic carbocycles. The second-order valence-corrected chi connectivity index (χ2v) is 3.00. The second-order valence-electron chi connectivity index (χ2n) is 1.92. The molecule has 3 nitrogen and oxygen atoms in total. The Labute approximate surface area is 75.6 Å². The van der Waals surface area contributed by atoms with Crippen LogP contribution in [0.1, 0.15) is 5.69 Å². The highest BCUT2D eigenvalue weighted by molar-refractivity contribution is 8.00. The van der Waals surface area contributed by atoms with Gasteiger partial charge >= 0.3 is 5.51 Å². The van der Waals surface area contributed by atoms with Gasteiger partial charge in [-0.3, -0.25) is 0 Å². The lowest BCUT2D eigenvalue weighted by Gasteiger charge is -2.02. The average molecular weight is 205 g/mol. The molecule has 1 rings (SSSR count). The molecule has 0 saturated carbocycles. The molecule has 0 saturated heterocycles. The summed E-state index contributed by atoms with van der Waals surface area (Å²) >= 11 is -0.363. The number of aromatic nitrogens is 2. The van der Waals surface area contributed by atoms with Gasteiger partial charge in [0, 0.05) is 11.8 Å². The van der Waals surface area contributed by atoms with Gasteiger partial charge in [-0.15, -0.1) is 10.2 Å². The lowest BCUT2D eigenvalue weighted by molar-refractivity contribution is -0.0329. The van der Waals surface area contributed by atoms with Crippen LogP contribution in [-0.4, -0.2) is 15.7 Å². The van der Waals surface area contributed by atoms with Crippen molar-refractivity contribution in [2.24, 2.45) is 0 Å². The van der Waals surface area contributed by atoms with Crippen molar-refractivity contribution < 1.29 is 13.2 Å². The Morgan fingerprint density at radius 2 is 2.00 bits per heavy atom. The molecular formula is C6H2F3N3S. The van der Waals surface area contributed by atoms with Gasteiger partial charge in [0.05, 0.1) is 0 Å².